The van der Waals surface area contributed by atoms with Crippen molar-refractivity contribution in [3.05, 3.63) is 65.1 Å². The number of carboxylic acid groups (broad SMARTS) is 1. The number of aliphatic hydroxyl groups excluding tert-OH is 1. The highest BCUT2D eigenvalue weighted by molar-refractivity contribution is 7.99. The van der Waals surface area contributed by atoms with Gasteiger partial charge in [-0.15, -0.1) is 11.8 Å². The van der Waals surface area contributed by atoms with Crippen molar-refractivity contribution in [3.63, 3.8) is 0 Å². The first-order valence-electron chi connectivity index (χ1n) is 12.7. The van der Waals surface area contributed by atoms with Crippen LogP contribution in [0.1, 0.15) is 42.9 Å². The van der Waals surface area contributed by atoms with Crippen molar-refractivity contribution >= 4 is 28.6 Å². The molecular weight excluding hydrogens is 531 g/mol. The third kappa shape index (κ3) is 6.49. The molecule has 1 unspecified atom stereocenters. The summed E-state index contributed by atoms with van der Waals surface area (Å²) in [5, 5.41) is 22.1. The summed E-state index contributed by atoms with van der Waals surface area (Å²) in [5.41, 5.74) is 6.95. The Kier molecular flexibility index (Phi) is 9.37. The average Bonchev–Trinajstić information content (AvgIpc) is 2.92. The third-order valence-electron chi connectivity index (χ3n) is 7.53. The lowest BCUT2D eigenvalue weighted by molar-refractivity contribution is -0.153. The summed E-state index contributed by atoms with van der Waals surface area (Å²) in [5.74, 6) is -2.74. The van der Waals surface area contributed by atoms with E-state index in [4.69, 9.17) is 10.5 Å². The largest absolute Gasteiger partial charge is 0.497 e. The molecular formula is C28H32F3N3O4S. The first-order valence-corrected chi connectivity index (χ1v) is 13.7. The molecule has 2 aromatic carbocycles. The Bertz CT molecular complexity index is 1310. The fraction of sp³-hybridized carbons (Fsp3) is 0.429. The highest BCUT2D eigenvalue weighted by Gasteiger charge is 2.41. The zero-order valence-electron chi connectivity index (χ0n) is 21.6. The van der Waals surface area contributed by atoms with Crippen LogP contribution in [0.25, 0.3) is 10.9 Å². The predicted molar refractivity (Wildman–Crippen MR) is 143 cm³/mol. The SMILES string of the molecule is COc1ccc2ncc(CN)c(C(O)CCC3(C(=O)O)CCN(CCSc4c(F)cc(F)cc4F)CC3)c2c1. The van der Waals surface area contributed by atoms with Crippen LogP contribution in [0.5, 0.6) is 5.75 Å². The van der Waals surface area contributed by atoms with Crippen molar-refractivity contribution in [1.29, 1.82) is 0 Å². The van der Waals surface area contributed by atoms with E-state index in [0.29, 0.717) is 72.8 Å². The van der Waals surface area contributed by atoms with Crippen LogP contribution < -0.4 is 10.5 Å². The number of fused-ring (bicyclic) bond motifs is 1. The second kappa shape index (κ2) is 12.5. The number of ether oxygens (including phenoxy) is 1. The van der Waals surface area contributed by atoms with Crippen LogP contribution in [-0.4, -0.2) is 58.6 Å². The standard InChI is InChI=1S/C28H32F3N3O4S/c1-38-19-2-3-23-20(14-19)25(17(15-32)16-33-23)24(35)4-5-28(27(36)37)6-8-34(9-7-28)10-11-39-26-21(30)12-18(29)13-22(26)31/h2-3,12-14,16,24,35H,4-11,15,32H2,1H3,(H,36,37). The Morgan fingerprint density at radius 3 is 2.51 bits per heavy atom. The molecule has 0 saturated carbocycles. The number of nitrogens with two attached hydrogens (primary N) is 1. The van der Waals surface area contributed by atoms with Gasteiger partial charge in [0.1, 0.15) is 23.2 Å². The van der Waals surface area contributed by atoms with Crippen molar-refractivity contribution in [2.75, 3.05) is 32.5 Å². The number of hydrogen-bond acceptors (Lipinski definition) is 7. The summed E-state index contributed by atoms with van der Waals surface area (Å²) in [6, 6.07) is 6.70. The van der Waals surface area contributed by atoms with E-state index in [2.05, 4.69) is 9.88 Å². The molecule has 1 saturated heterocycles. The van der Waals surface area contributed by atoms with E-state index < -0.39 is 34.9 Å². The summed E-state index contributed by atoms with van der Waals surface area (Å²) in [4.78, 5) is 18.6. The lowest BCUT2D eigenvalue weighted by atomic mass is 9.74. The molecule has 1 aliphatic rings. The second-order valence-electron chi connectivity index (χ2n) is 9.81. The molecule has 39 heavy (non-hydrogen) atoms. The molecule has 2 heterocycles. The number of piperidine rings is 1. The minimum Gasteiger partial charge on any atom is -0.497 e. The van der Waals surface area contributed by atoms with Crippen molar-refractivity contribution in [2.45, 2.75) is 43.2 Å². The van der Waals surface area contributed by atoms with Gasteiger partial charge in [0, 0.05) is 42.6 Å². The maximum absolute atomic E-state index is 13.9. The lowest BCUT2D eigenvalue weighted by Crippen LogP contribution is -2.45. The molecule has 1 fully saturated rings. The van der Waals surface area contributed by atoms with Crippen LogP contribution in [0.3, 0.4) is 0 Å². The number of nitrogens with zero attached hydrogens (tertiary/aromatic N) is 2. The number of aliphatic hydroxyl groups is 1. The topological polar surface area (TPSA) is 109 Å². The van der Waals surface area contributed by atoms with Gasteiger partial charge >= 0.3 is 5.97 Å². The van der Waals surface area contributed by atoms with Gasteiger partial charge in [-0.25, -0.2) is 13.2 Å². The second-order valence-corrected chi connectivity index (χ2v) is 10.9. The van der Waals surface area contributed by atoms with Crippen LogP contribution in [-0.2, 0) is 11.3 Å². The van der Waals surface area contributed by atoms with E-state index in [1.54, 1.807) is 31.5 Å². The lowest BCUT2D eigenvalue weighted by Gasteiger charge is -2.39. The molecule has 3 aromatic rings. The molecule has 210 valence electrons. The zero-order chi connectivity index (χ0) is 28.2. The van der Waals surface area contributed by atoms with Gasteiger partial charge in [-0.2, -0.15) is 0 Å². The Labute approximate surface area is 229 Å². The van der Waals surface area contributed by atoms with Crippen LogP contribution in [0.2, 0.25) is 0 Å². The molecule has 4 rings (SSSR count). The first-order chi connectivity index (χ1) is 18.7. The third-order valence-corrected chi connectivity index (χ3v) is 8.60. The van der Waals surface area contributed by atoms with E-state index in [1.165, 1.54) is 0 Å². The molecule has 1 aromatic heterocycles. The molecule has 0 aliphatic carbocycles. The smallest absolute Gasteiger partial charge is 0.309 e. The Morgan fingerprint density at radius 2 is 1.90 bits per heavy atom. The molecule has 4 N–H and O–H groups in total. The number of aromatic nitrogens is 1. The summed E-state index contributed by atoms with van der Waals surface area (Å²) >= 11 is 0.969. The van der Waals surface area contributed by atoms with Crippen molar-refractivity contribution in [2.24, 2.45) is 11.1 Å². The van der Waals surface area contributed by atoms with Gasteiger partial charge in [0.15, 0.2) is 0 Å². The van der Waals surface area contributed by atoms with Crippen LogP contribution in [0, 0.1) is 22.9 Å². The van der Waals surface area contributed by atoms with E-state index in [0.717, 1.165) is 17.1 Å². The quantitative estimate of drug-likeness (QED) is 0.283. The van der Waals surface area contributed by atoms with Crippen molar-refractivity contribution in [1.82, 2.24) is 9.88 Å². The number of carboxylic acids is 1. The number of methoxy groups -OCH3 is 1. The van der Waals surface area contributed by atoms with Crippen LogP contribution in [0.15, 0.2) is 41.4 Å². The molecule has 1 atom stereocenters. The summed E-state index contributed by atoms with van der Waals surface area (Å²) in [6.45, 7) is 1.68. The molecule has 1 aliphatic heterocycles. The minimum absolute atomic E-state index is 0.176. The van der Waals surface area contributed by atoms with Crippen LogP contribution in [0.4, 0.5) is 13.2 Å². The van der Waals surface area contributed by atoms with Gasteiger partial charge in [-0.1, -0.05) is 0 Å². The summed E-state index contributed by atoms with van der Waals surface area (Å²) in [7, 11) is 1.55. The van der Waals surface area contributed by atoms with E-state index in [-0.39, 0.29) is 24.3 Å². The molecule has 0 bridgehead atoms. The minimum atomic E-state index is -0.997. The Morgan fingerprint density at radius 1 is 1.21 bits per heavy atom. The molecule has 7 nitrogen and oxygen atoms in total. The monoisotopic (exact) mass is 563 g/mol. The van der Waals surface area contributed by atoms with Gasteiger partial charge in [0.25, 0.3) is 0 Å². The first kappa shape index (κ1) is 29.1. The summed E-state index contributed by atoms with van der Waals surface area (Å²) in [6.07, 6.45) is 1.97. The number of pyridine rings is 1. The highest BCUT2D eigenvalue weighted by Crippen LogP contribution is 2.40. The molecule has 0 amide bonds. The number of likely N-dealkylation sites (tertiary alicyclic amines) is 1. The van der Waals surface area contributed by atoms with E-state index >= 15 is 0 Å². The van der Waals surface area contributed by atoms with Gasteiger partial charge in [0.05, 0.1) is 29.0 Å². The highest BCUT2D eigenvalue weighted by atomic mass is 32.2. The number of thioether (sulfide) groups is 1. The number of carbonyl (C=O) groups is 1. The molecule has 11 heteroatoms. The maximum atomic E-state index is 13.9. The number of benzene rings is 2. The zero-order valence-corrected chi connectivity index (χ0v) is 22.4. The van der Waals surface area contributed by atoms with Crippen molar-refractivity contribution in [3.8, 4) is 5.75 Å². The maximum Gasteiger partial charge on any atom is 0.309 e. The molecule has 0 spiro atoms. The average molecular weight is 564 g/mol. The predicted octanol–water partition coefficient (Wildman–Crippen LogP) is 4.89. The van der Waals surface area contributed by atoms with Crippen LogP contribution >= 0.6 is 11.8 Å². The number of aliphatic carboxylic acids is 1. The normalized spacial score (nSPS) is 16.4. The van der Waals surface area contributed by atoms with E-state index in [9.17, 15) is 28.2 Å². The Balaban J connectivity index is 1.39. The van der Waals surface area contributed by atoms with Crippen molar-refractivity contribution < 1.29 is 32.9 Å². The number of hydrogen-bond donors (Lipinski definition) is 3. The van der Waals surface area contributed by atoms with Gasteiger partial charge in [0.2, 0.25) is 0 Å². The van der Waals surface area contributed by atoms with E-state index in [1.807, 2.05) is 0 Å². The van der Waals surface area contributed by atoms with Gasteiger partial charge in [-0.05, 0) is 68.1 Å². The van der Waals surface area contributed by atoms with Gasteiger partial charge in [-0.3, -0.25) is 9.78 Å². The fourth-order valence-electron chi connectivity index (χ4n) is 5.19. The molecule has 0 radical (unpaired) electrons. The number of halogens is 3. The fourth-order valence-corrected chi connectivity index (χ4v) is 6.14. The Hall–Kier alpha value is -2.86. The summed E-state index contributed by atoms with van der Waals surface area (Å²) < 4.78 is 46.3. The number of rotatable bonds is 11. The van der Waals surface area contributed by atoms with Gasteiger partial charge < -0.3 is 25.6 Å².